The van der Waals surface area contributed by atoms with Gasteiger partial charge in [-0.3, -0.25) is 4.79 Å². The van der Waals surface area contributed by atoms with Gasteiger partial charge in [0.2, 0.25) is 5.91 Å². The Morgan fingerprint density at radius 1 is 1.19 bits per heavy atom. The third-order valence-electron chi connectivity index (χ3n) is 4.91. The summed E-state index contributed by atoms with van der Waals surface area (Å²) in [6.45, 7) is 6.99. The zero-order valence-electron chi connectivity index (χ0n) is 15.7. The Morgan fingerprint density at radius 2 is 1.85 bits per heavy atom. The summed E-state index contributed by atoms with van der Waals surface area (Å²) in [4.78, 5) is 16.7. The van der Waals surface area contributed by atoms with E-state index in [9.17, 15) is 4.79 Å². The second-order valence-corrected chi connectivity index (χ2v) is 6.26. The molecule has 0 bridgehead atoms. The summed E-state index contributed by atoms with van der Waals surface area (Å²) in [5.74, 6) is 1.29. The summed E-state index contributed by atoms with van der Waals surface area (Å²) in [6, 6.07) is 7.97. The summed E-state index contributed by atoms with van der Waals surface area (Å²) in [6.07, 6.45) is 3.03. The molecule has 1 aromatic carbocycles. The largest absolute Gasteiger partial charge is 0.355 e. The Bertz CT molecular complexity index is 673. The Morgan fingerprint density at radius 3 is 2.35 bits per heavy atom. The SMILES string of the molecule is CCc1noc(-c2ccc(CCNC(=O)C(CC)(CC)CN)cc2)n1.Cl. The third kappa shape index (κ3) is 5.05. The topological polar surface area (TPSA) is 94.0 Å². The molecule has 0 radical (unpaired) electrons. The van der Waals surface area contributed by atoms with Crippen molar-refractivity contribution >= 4 is 18.3 Å². The molecule has 6 nitrogen and oxygen atoms in total. The zero-order valence-corrected chi connectivity index (χ0v) is 16.6. The minimum atomic E-state index is -0.446. The average Bonchev–Trinajstić information content (AvgIpc) is 3.13. The monoisotopic (exact) mass is 380 g/mol. The van der Waals surface area contributed by atoms with Crippen molar-refractivity contribution in [2.24, 2.45) is 11.1 Å². The molecule has 0 aliphatic heterocycles. The van der Waals surface area contributed by atoms with E-state index >= 15 is 0 Å². The van der Waals surface area contributed by atoms with Crippen LogP contribution in [-0.2, 0) is 17.6 Å². The van der Waals surface area contributed by atoms with Gasteiger partial charge < -0.3 is 15.6 Å². The number of aryl methyl sites for hydroxylation is 1. The van der Waals surface area contributed by atoms with Crippen molar-refractivity contribution < 1.29 is 9.32 Å². The summed E-state index contributed by atoms with van der Waals surface area (Å²) in [5.41, 5.74) is 7.42. The van der Waals surface area contributed by atoms with Gasteiger partial charge in [-0.25, -0.2) is 0 Å². The number of aromatic nitrogens is 2. The summed E-state index contributed by atoms with van der Waals surface area (Å²) >= 11 is 0. The molecule has 2 aromatic rings. The first kappa shape index (κ1) is 22.1. The van der Waals surface area contributed by atoms with Crippen molar-refractivity contribution in [1.29, 1.82) is 0 Å². The van der Waals surface area contributed by atoms with E-state index in [1.165, 1.54) is 0 Å². The number of hydrogen-bond acceptors (Lipinski definition) is 5. The molecule has 0 spiro atoms. The highest BCUT2D eigenvalue weighted by Crippen LogP contribution is 2.25. The van der Waals surface area contributed by atoms with E-state index in [-0.39, 0.29) is 18.3 Å². The van der Waals surface area contributed by atoms with Crippen LogP contribution in [-0.4, -0.2) is 29.1 Å². The summed E-state index contributed by atoms with van der Waals surface area (Å²) in [5, 5.41) is 6.93. The summed E-state index contributed by atoms with van der Waals surface area (Å²) < 4.78 is 5.24. The van der Waals surface area contributed by atoms with Crippen LogP contribution < -0.4 is 11.1 Å². The molecule has 7 heteroatoms. The number of rotatable bonds is 9. The van der Waals surface area contributed by atoms with Crippen molar-refractivity contribution in [2.75, 3.05) is 13.1 Å². The lowest BCUT2D eigenvalue weighted by molar-refractivity contribution is -0.131. The fourth-order valence-electron chi connectivity index (χ4n) is 2.79. The van der Waals surface area contributed by atoms with Crippen molar-refractivity contribution in [3.05, 3.63) is 35.7 Å². The minimum Gasteiger partial charge on any atom is -0.355 e. The lowest BCUT2D eigenvalue weighted by atomic mass is 9.81. The molecule has 0 unspecified atom stereocenters. The highest BCUT2D eigenvalue weighted by molar-refractivity contribution is 5.85. The van der Waals surface area contributed by atoms with Gasteiger partial charge in [0.15, 0.2) is 5.82 Å². The minimum absolute atomic E-state index is 0. The lowest BCUT2D eigenvalue weighted by Crippen LogP contribution is -2.45. The first-order chi connectivity index (χ1) is 12.1. The van der Waals surface area contributed by atoms with Gasteiger partial charge in [-0.05, 0) is 37.0 Å². The van der Waals surface area contributed by atoms with E-state index in [1.807, 2.05) is 45.0 Å². The molecule has 1 aromatic heterocycles. The molecule has 144 valence electrons. The van der Waals surface area contributed by atoms with Crippen LogP contribution in [0.15, 0.2) is 28.8 Å². The highest BCUT2D eigenvalue weighted by Gasteiger charge is 2.32. The Labute approximate surface area is 161 Å². The van der Waals surface area contributed by atoms with Gasteiger partial charge >= 0.3 is 0 Å². The molecule has 3 N–H and O–H groups in total. The van der Waals surface area contributed by atoms with E-state index in [0.29, 0.717) is 24.8 Å². The first-order valence-electron chi connectivity index (χ1n) is 8.98. The maximum absolute atomic E-state index is 12.4. The average molecular weight is 381 g/mol. The molecule has 0 atom stereocenters. The maximum atomic E-state index is 12.4. The van der Waals surface area contributed by atoms with E-state index in [1.54, 1.807) is 0 Å². The number of hydrogen-bond donors (Lipinski definition) is 2. The maximum Gasteiger partial charge on any atom is 0.257 e. The second kappa shape index (κ2) is 10.3. The van der Waals surface area contributed by atoms with Gasteiger partial charge in [-0.2, -0.15) is 4.98 Å². The van der Waals surface area contributed by atoms with Crippen molar-refractivity contribution in [1.82, 2.24) is 15.5 Å². The molecule has 0 fully saturated rings. The Balaban J connectivity index is 0.00000338. The van der Waals surface area contributed by atoms with E-state index in [2.05, 4.69) is 15.5 Å². The Hall–Kier alpha value is -1.92. The van der Waals surface area contributed by atoms with Gasteiger partial charge in [0, 0.05) is 25.1 Å². The number of nitrogens with zero attached hydrogens (tertiary/aromatic N) is 2. The molecule has 1 amide bonds. The van der Waals surface area contributed by atoms with Gasteiger partial charge in [-0.15, -0.1) is 12.4 Å². The first-order valence-corrected chi connectivity index (χ1v) is 8.98. The second-order valence-electron chi connectivity index (χ2n) is 6.26. The van der Waals surface area contributed by atoms with E-state index in [4.69, 9.17) is 10.3 Å². The Kier molecular flexibility index (Phi) is 8.75. The number of amides is 1. The van der Waals surface area contributed by atoms with Gasteiger partial charge in [0.05, 0.1) is 5.41 Å². The van der Waals surface area contributed by atoms with Crippen LogP contribution in [0.1, 0.15) is 45.0 Å². The van der Waals surface area contributed by atoms with Gasteiger partial charge in [0.1, 0.15) is 0 Å². The highest BCUT2D eigenvalue weighted by atomic mass is 35.5. The number of halogens is 1. The molecule has 2 rings (SSSR count). The third-order valence-corrected chi connectivity index (χ3v) is 4.91. The van der Waals surface area contributed by atoms with Crippen LogP contribution in [0.4, 0.5) is 0 Å². The van der Waals surface area contributed by atoms with E-state index < -0.39 is 5.41 Å². The molecule has 0 aliphatic rings. The number of nitrogens with two attached hydrogens (primary N) is 1. The normalized spacial score (nSPS) is 11.1. The summed E-state index contributed by atoms with van der Waals surface area (Å²) in [7, 11) is 0. The van der Waals surface area contributed by atoms with Crippen LogP contribution in [0.25, 0.3) is 11.5 Å². The fourth-order valence-corrected chi connectivity index (χ4v) is 2.79. The fraction of sp³-hybridized carbons (Fsp3) is 0.526. The van der Waals surface area contributed by atoms with Gasteiger partial charge in [0.25, 0.3) is 5.89 Å². The van der Waals surface area contributed by atoms with Crippen LogP contribution in [0.2, 0.25) is 0 Å². The molecular formula is C19H29ClN4O2. The molecule has 0 saturated heterocycles. The van der Waals surface area contributed by atoms with Crippen LogP contribution in [0.5, 0.6) is 0 Å². The van der Waals surface area contributed by atoms with Crippen molar-refractivity contribution in [3.8, 4) is 11.5 Å². The molecule has 0 aliphatic carbocycles. The lowest BCUT2D eigenvalue weighted by Gasteiger charge is -2.28. The molecule has 26 heavy (non-hydrogen) atoms. The van der Waals surface area contributed by atoms with Crippen LogP contribution in [0.3, 0.4) is 0 Å². The molecule has 0 saturated carbocycles. The molecule has 1 heterocycles. The van der Waals surface area contributed by atoms with Crippen molar-refractivity contribution in [2.45, 2.75) is 46.5 Å². The number of benzene rings is 1. The number of nitrogens with one attached hydrogen (secondary N) is 1. The number of carbonyl (C=O) groups excluding carboxylic acids is 1. The van der Waals surface area contributed by atoms with Crippen LogP contribution in [0, 0.1) is 5.41 Å². The predicted octanol–water partition coefficient (Wildman–Crippen LogP) is 3.14. The van der Waals surface area contributed by atoms with E-state index in [0.717, 1.165) is 36.8 Å². The number of carbonyl (C=O) groups is 1. The predicted molar refractivity (Wildman–Crippen MR) is 105 cm³/mol. The van der Waals surface area contributed by atoms with Crippen LogP contribution >= 0.6 is 12.4 Å². The standard InChI is InChI=1S/C19H28N4O2.ClH/c1-4-16-22-17(25-23-16)15-9-7-14(8-10-15)11-12-21-18(24)19(5-2,6-3)13-20;/h7-10H,4-6,11-13,20H2,1-3H3,(H,21,24);1H. The molecular weight excluding hydrogens is 352 g/mol. The quantitative estimate of drug-likeness (QED) is 0.696. The zero-order chi connectivity index (χ0) is 18.3. The van der Waals surface area contributed by atoms with Crippen molar-refractivity contribution in [3.63, 3.8) is 0 Å². The van der Waals surface area contributed by atoms with Gasteiger partial charge in [-0.1, -0.05) is 38.1 Å². The smallest absolute Gasteiger partial charge is 0.257 e.